The van der Waals surface area contributed by atoms with Gasteiger partial charge in [-0.3, -0.25) is 9.59 Å². The number of rotatable bonds is 4. The normalized spacial score (nSPS) is 15.2. The molecular weight excluding hydrogens is 459 g/mol. The van der Waals surface area contributed by atoms with Crippen molar-refractivity contribution in [2.24, 2.45) is 0 Å². The van der Waals surface area contributed by atoms with Gasteiger partial charge in [0.1, 0.15) is 5.82 Å². The van der Waals surface area contributed by atoms with Gasteiger partial charge >= 0.3 is 6.18 Å². The van der Waals surface area contributed by atoms with E-state index in [1.165, 1.54) is 35.2 Å². The van der Waals surface area contributed by atoms with Gasteiger partial charge in [-0.15, -0.1) is 0 Å². The van der Waals surface area contributed by atoms with E-state index >= 15 is 0 Å². The van der Waals surface area contributed by atoms with E-state index in [9.17, 15) is 27.2 Å². The number of Topliss-reactive ketones (excluding diaryl/α,β-unsaturated/α-hetero) is 1. The van der Waals surface area contributed by atoms with Gasteiger partial charge in [-0.25, -0.2) is 4.39 Å². The zero-order valence-corrected chi connectivity index (χ0v) is 17.4. The summed E-state index contributed by atoms with van der Waals surface area (Å²) < 4.78 is 52.6. The third-order valence-electron chi connectivity index (χ3n) is 4.77. The van der Waals surface area contributed by atoms with Crippen LogP contribution in [0.5, 0.6) is 0 Å². The third kappa shape index (κ3) is 5.37. The number of amides is 1. The van der Waals surface area contributed by atoms with Crippen LogP contribution >= 0.6 is 23.2 Å². The van der Waals surface area contributed by atoms with Crippen LogP contribution in [0.25, 0.3) is 6.08 Å². The van der Waals surface area contributed by atoms with Gasteiger partial charge < -0.3 is 9.80 Å². The molecule has 0 atom stereocenters. The minimum absolute atomic E-state index is 0.0278. The van der Waals surface area contributed by atoms with E-state index in [0.29, 0.717) is 13.1 Å². The summed E-state index contributed by atoms with van der Waals surface area (Å²) >= 11 is 11.9. The molecule has 1 aliphatic heterocycles. The molecule has 31 heavy (non-hydrogen) atoms. The molecule has 1 heterocycles. The highest BCUT2D eigenvalue weighted by molar-refractivity contribution is 6.43. The number of hydrogen-bond donors (Lipinski definition) is 0. The number of alkyl halides is 3. The zero-order chi connectivity index (χ0) is 22.8. The smallest absolute Gasteiger partial charge is 0.368 e. The van der Waals surface area contributed by atoms with Crippen molar-refractivity contribution in [2.75, 3.05) is 31.1 Å². The molecule has 0 radical (unpaired) electrons. The van der Waals surface area contributed by atoms with Crippen LogP contribution < -0.4 is 4.90 Å². The van der Waals surface area contributed by atoms with Crippen LogP contribution in [0.15, 0.2) is 48.0 Å². The van der Waals surface area contributed by atoms with E-state index in [-0.39, 0.29) is 28.7 Å². The van der Waals surface area contributed by atoms with E-state index in [0.717, 1.165) is 11.8 Å². The van der Waals surface area contributed by atoms with E-state index in [1.807, 2.05) is 4.90 Å². The fraction of sp³-hybridized carbons (Fsp3) is 0.238. The summed E-state index contributed by atoms with van der Waals surface area (Å²) in [5.41, 5.74) is -0.284. The Labute approximate surface area is 185 Å². The van der Waals surface area contributed by atoms with Crippen LogP contribution in [-0.4, -0.2) is 48.9 Å². The van der Waals surface area contributed by atoms with Crippen molar-refractivity contribution in [3.05, 3.63) is 69.5 Å². The predicted octanol–water partition coefficient (Wildman–Crippen LogP) is 5.00. The molecule has 0 unspecified atom stereocenters. The van der Waals surface area contributed by atoms with E-state index < -0.39 is 29.3 Å². The standard InChI is InChI=1S/C21H16Cl2F4N2O2/c22-17-3-1-2-13(18(17)23)12-16(19(30)21(25,26)27)20(31)29-10-8-28(9-11-29)15-6-4-14(24)5-7-15/h1-7,12H,8-11H2/b16-12+. The minimum Gasteiger partial charge on any atom is -0.368 e. The molecule has 1 fully saturated rings. The molecule has 2 aromatic rings. The lowest BCUT2D eigenvalue weighted by Crippen LogP contribution is -2.50. The predicted molar refractivity (Wildman–Crippen MR) is 111 cm³/mol. The van der Waals surface area contributed by atoms with E-state index in [4.69, 9.17) is 23.2 Å². The average molecular weight is 475 g/mol. The van der Waals surface area contributed by atoms with Gasteiger partial charge in [-0.2, -0.15) is 13.2 Å². The second-order valence-corrected chi connectivity index (χ2v) is 7.57. The Morgan fingerprint density at radius 1 is 0.935 bits per heavy atom. The van der Waals surface area contributed by atoms with Crippen molar-refractivity contribution >= 4 is 46.7 Å². The first-order chi connectivity index (χ1) is 14.6. The number of anilines is 1. The minimum atomic E-state index is -5.23. The molecule has 1 aliphatic rings. The second-order valence-electron chi connectivity index (χ2n) is 6.78. The van der Waals surface area contributed by atoms with Crippen LogP contribution in [0.4, 0.5) is 23.2 Å². The molecule has 3 rings (SSSR count). The van der Waals surface area contributed by atoms with Crippen molar-refractivity contribution < 1.29 is 27.2 Å². The van der Waals surface area contributed by atoms with Gasteiger partial charge in [0.2, 0.25) is 0 Å². The largest absolute Gasteiger partial charge is 0.455 e. The molecule has 0 aliphatic carbocycles. The fourth-order valence-corrected chi connectivity index (χ4v) is 3.52. The maximum Gasteiger partial charge on any atom is 0.455 e. The molecule has 0 aromatic heterocycles. The van der Waals surface area contributed by atoms with Crippen molar-refractivity contribution in [3.63, 3.8) is 0 Å². The number of nitrogens with zero attached hydrogens (tertiary/aromatic N) is 2. The Hall–Kier alpha value is -2.58. The molecular formula is C21H16Cl2F4N2O2. The van der Waals surface area contributed by atoms with Gasteiger partial charge in [0.15, 0.2) is 0 Å². The average Bonchev–Trinajstić information content (AvgIpc) is 2.74. The van der Waals surface area contributed by atoms with Crippen molar-refractivity contribution in [3.8, 4) is 0 Å². The first-order valence-corrected chi connectivity index (χ1v) is 9.90. The molecule has 10 heteroatoms. The van der Waals surface area contributed by atoms with E-state index in [2.05, 4.69) is 0 Å². The monoisotopic (exact) mass is 474 g/mol. The summed E-state index contributed by atoms with van der Waals surface area (Å²) in [6.45, 7) is 0.787. The molecule has 0 bridgehead atoms. The highest BCUT2D eigenvalue weighted by Gasteiger charge is 2.44. The Morgan fingerprint density at radius 3 is 2.13 bits per heavy atom. The number of benzene rings is 2. The van der Waals surface area contributed by atoms with Crippen LogP contribution in [0, 0.1) is 5.82 Å². The number of carbonyl (C=O) groups is 2. The van der Waals surface area contributed by atoms with Crippen molar-refractivity contribution in [1.82, 2.24) is 4.90 Å². The molecule has 0 N–H and O–H groups in total. The summed E-state index contributed by atoms with van der Waals surface area (Å²) in [5.74, 6) is -3.69. The lowest BCUT2D eigenvalue weighted by atomic mass is 10.0. The van der Waals surface area contributed by atoms with Crippen LogP contribution in [-0.2, 0) is 9.59 Å². The molecule has 1 saturated heterocycles. The number of carbonyl (C=O) groups excluding carboxylic acids is 2. The van der Waals surface area contributed by atoms with Crippen LogP contribution in [0.2, 0.25) is 10.0 Å². The summed E-state index contributed by atoms with van der Waals surface area (Å²) in [4.78, 5) is 27.9. The number of hydrogen-bond acceptors (Lipinski definition) is 3. The highest BCUT2D eigenvalue weighted by atomic mass is 35.5. The number of ketones is 1. The van der Waals surface area contributed by atoms with E-state index in [1.54, 1.807) is 12.1 Å². The van der Waals surface area contributed by atoms with Gasteiger partial charge in [-0.05, 0) is 42.0 Å². The van der Waals surface area contributed by atoms with Crippen LogP contribution in [0.3, 0.4) is 0 Å². The molecule has 1 amide bonds. The number of piperazine rings is 1. The Bertz CT molecular complexity index is 1020. The number of halogens is 6. The fourth-order valence-electron chi connectivity index (χ4n) is 3.15. The van der Waals surface area contributed by atoms with Crippen molar-refractivity contribution in [2.45, 2.75) is 6.18 Å². The highest BCUT2D eigenvalue weighted by Crippen LogP contribution is 2.30. The molecule has 0 spiro atoms. The third-order valence-corrected chi connectivity index (χ3v) is 5.61. The summed E-state index contributed by atoms with van der Waals surface area (Å²) in [5, 5.41) is 0.0140. The van der Waals surface area contributed by atoms with Crippen molar-refractivity contribution in [1.29, 1.82) is 0 Å². The zero-order valence-electron chi connectivity index (χ0n) is 15.9. The summed E-state index contributed by atoms with van der Waals surface area (Å²) in [6.07, 6.45) is -4.42. The quantitative estimate of drug-likeness (QED) is 0.271. The summed E-state index contributed by atoms with van der Waals surface area (Å²) in [6, 6.07) is 9.98. The molecule has 2 aromatic carbocycles. The first-order valence-electron chi connectivity index (χ1n) is 9.15. The van der Waals surface area contributed by atoms with Gasteiger partial charge in [0, 0.05) is 31.9 Å². The van der Waals surface area contributed by atoms with Gasteiger partial charge in [0.25, 0.3) is 11.7 Å². The van der Waals surface area contributed by atoms with Gasteiger partial charge in [-0.1, -0.05) is 35.3 Å². The molecule has 164 valence electrons. The van der Waals surface area contributed by atoms with Gasteiger partial charge in [0.05, 0.1) is 15.6 Å². The maximum atomic E-state index is 13.2. The summed E-state index contributed by atoms with van der Waals surface area (Å²) in [7, 11) is 0. The topological polar surface area (TPSA) is 40.6 Å². The Kier molecular flexibility index (Phi) is 6.91. The lowest BCUT2D eigenvalue weighted by molar-refractivity contribution is -0.167. The molecule has 0 saturated carbocycles. The maximum absolute atomic E-state index is 13.2. The lowest BCUT2D eigenvalue weighted by Gasteiger charge is -2.36. The Morgan fingerprint density at radius 2 is 1.55 bits per heavy atom. The van der Waals surface area contributed by atoms with Crippen LogP contribution in [0.1, 0.15) is 5.56 Å². The Balaban J connectivity index is 1.84. The second kappa shape index (κ2) is 9.28. The molecule has 4 nitrogen and oxygen atoms in total. The first kappa shape index (κ1) is 23.1. The SMILES string of the molecule is O=C(/C(=C/c1cccc(Cl)c1Cl)C(=O)C(F)(F)F)N1CCN(c2ccc(F)cc2)CC1.